The Morgan fingerprint density at radius 3 is 2.61 bits per heavy atom. The molecule has 0 aromatic heterocycles. The number of nitrogens with two attached hydrogens (primary N) is 1. The number of nitrogens with one attached hydrogen (secondary N) is 1. The fourth-order valence-electron chi connectivity index (χ4n) is 5.01. The van der Waals surface area contributed by atoms with Crippen molar-refractivity contribution in [2.24, 2.45) is 5.92 Å². The van der Waals surface area contributed by atoms with Gasteiger partial charge in [0.25, 0.3) is 5.91 Å². The number of piperidine rings is 2. The highest BCUT2D eigenvalue weighted by Crippen LogP contribution is 2.37. The highest BCUT2D eigenvalue weighted by atomic mass is 35.5. The standard InChI is InChI=1S/C23H34ClN3O4/c1-3-31-22(28)8-5-9-27-16-6-4-7-17(27)11-15(10-16)14-26-23(29)18-12-19(24)20(25)13-21(18)30-2/h12-13,15-17H,3-11,14,25H2,1-2H3,(H,26,29). The smallest absolute Gasteiger partial charge is 0.305 e. The highest BCUT2D eigenvalue weighted by molar-refractivity contribution is 6.33. The number of carbonyl (C=O) groups is 2. The molecule has 2 heterocycles. The van der Waals surface area contributed by atoms with Crippen LogP contribution in [-0.4, -0.2) is 55.7 Å². The van der Waals surface area contributed by atoms with E-state index >= 15 is 0 Å². The van der Waals surface area contributed by atoms with Crippen molar-refractivity contribution in [2.45, 2.75) is 64.0 Å². The number of hydrogen-bond donors (Lipinski definition) is 2. The molecule has 2 bridgehead atoms. The van der Waals surface area contributed by atoms with Gasteiger partial charge in [0.2, 0.25) is 0 Å². The summed E-state index contributed by atoms with van der Waals surface area (Å²) in [5.74, 6) is 0.563. The molecule has 2 fully saturated rings. The van der Waals surface area contributed by atoms with Gasteiger partial charge < -0.3 is 20.5 Å². The average Bonchev–Trinajstić information content (AvgIpc) is 2.73. The predicted octanol–water partition coefficient (Wildman–Crippen LogP) is 3.64. The monoisotopic (exact) mass is 451 g/mol. The third-order valence-corrected chi connectivity index (χ3v) is 6.77. The molecule has 1 aromatic rings. The molecular weight excluding hydrogens is 418 g/mol. The summed E-state index contributed by atoms with van der Waals surface area (Å²) in [5, 5.41) is 3.41. The number of anilines is 1. The molecule has 2 aliphatic rings. The first-order valence-corrected chi connectivity index (χ1v) is 11.6. The first-order chi connectivity index (χ1) is 14.9. The molecule has 2 saturated heterocycles. The maximum Gasteiger partial charge on any atom is 0.305 e. The number of ether oxygens (including phenoxy) is 2. The van der Waals surface area contributed by atoms with Crippen molar-refractivity contribution in [1.82, 2.24) is 10.2 Å². The van der Waals surface area contributed by atoms with E-state index in [4.69, 9.17) is 26.8 Å². The Morgan fingerprint density at radius 1 is 1.26 bits per heavy atom. The SMILES string of the molecule is CCOC(=O)CCCN1C2CCCC1CC(CNC(=O)c1cc(Cl)c(N)cc1OC)C2. The van der Waals surface area contributed by atoms with Crippen LogP contribution in [0.1, 0.15) is 62.2 Å². The zero-order chi connectivity index (χ0) is 22.4. The van der Waals surface area contributed by atoms with E-state index in [9.17, 15) is 9.59 Å². The van der Waals surface area contributed by atoms with E-state index in [2.05, 4.69) is 10.2 Å². The van der Waals surface area contributed by atoms with E-state index in [-0.39, 0.29) is 11.9 Å². The molecule has 1 amide bonds. The number of esters is 1. The maximum absolute atomic E-state index is 12.8. The summed E-state index contributed by atoms with van der Waals surface area (Å²) >= 11 is 6.10. The van der Waals surface area contributed by atoms with E-state index in [0.717, 1.165) is 25.8 Å². The Hall–Kier alpha value is -1.99. The van der Waals surface area contributed by atoms with Gasteiger partial charge in [0, 0.05) is 31.1 Å². The van der Waals surface area contributed by atoms with E-state index in [1.807, 2.05) is 6.92 Å². The Morgan fingerprint density at radius 2 is 1.97 bits per heavy atom. The molecule has 3 rings (SSSR count). The molecule has 3 N–H and O–H groups in total. The van der Waals surface area contributed by atoms with Crippen LogP contribution < -0.4 is 15.8 Å². The average molecular weight is 452 g/mol. The number of nitrogen functional groups attached to an aromatic ring is 1. The van der Waals surface area contributed by atoms with Crippen molar-refractivity contribution in [3.8, 4) is 5.75 Å². The van der Waals surface area contributed by atoms with Gasteiger partial charge >= 0.3 is 5.97 Å². The van der Waals surface area contributed by atoms with Gasteiger partial charge in [0.1, 0.15) is 5.75 Å². The Bertz CT molecular complexity index is 774. The van der Waals surface area contributed by atoms with Crippen LogP contribution in [0, 0.1) is 5.92 Å². The summed E-state index contributed by atoms with van der Waals surface area (Å²) in [7, 11) is 1.51. The van der Waals surface area contributed by atoms with E-state index < -0.39 is 0 Å². The number of amides is 1. The molecule has 1 aromatic carbocycles. The van der Waals surface area contributed by atoms with Crippen LogP contribution in [0.25, 0.3) is 0 Å². The largest absolute Gasteiger partial charge is 0.496 e. The molecule has 0 saturated carbocycles. The quantitative estimate of drug-likeness (QED) is 0.439. The molecule has 31 heavy (non-hydrogen) atoms. The molecule has 2 unspecified atom stereocenters. The zero-order valence-corrected chi connectivity index (χ0v) is 19.2. The minimum Gasteiger partial charge on any atom is -0.496 e. The van der Waals surface area contributed by atoms with Crippen LogP contribution in [0.15, 0.2) is 12.1 Å². The third kappa shape index (κ3) is 6.04. The van der Waals surface area contributed by atoms with Gasteiger partial charge in [-0.3, -0.25) is 14.5 Å². The van der Waals surface area contributed by atoms with Crippen molar-refractivity contribution < 1.29 is 19.1 Å². The number of carbonyl (C=O) groups excluding carboxylic acids is 2. The van der Waals surface area contributed by atoms with E-state index in [1.54, 1.807) is 12.1 Å². The van der Waals surface area contributed by atoms with Crippen molar-refractivity contribution in [2.75, 3.05) is 32.5 Å². The van der Waals surface area contributed by atoms with Gasteiger partial charge in [0.15, 0.2) is 0 Å². The molecule has 2 aliphatic heterocycles. The molecule has 0 spiro atoms. The van der Waals surface area contributed by atoms with Gasteiger partial charge in [-0.15, -0.1) is 0 Å². The summed E-state index contributed by atoms with van der Waals surface area (Å²) in [6.45, 7) is 3.85. The topological polar surface area (TPSA) is 93.9 Å². The number of nitrogens with zero attached hydrogens (tertiary/aromatic N) is 1. The van der Waals surface area contributed by atoms with Gasteiger partial charge in [-0.05, 0) is 57.6 Å². The van der Waals surface area contributed by atoms with Gasteiger partial charge in [0.05, 0.1) is 30.0 Å². The lowest BCUT2D eigenvalue weighted by Gasteiger charge is -2.49. The van der Waals surface area contributed by atoms with Crippen molar-refractivity contribution >= 4 is 29.2 Å². The summed E-state index contributed by atoms with van der Waals surface area (Å²) < 4.78 is 10.3. The minimum absolute atomic E-state index is 0.108. The lowest BCUT2D eigenvalue weighted by Crippen LogP contribution is -2.53. The first-order valence-electron chi connectivity index (χ1n) is 11.3. The minimum atomic E-state index is -0.194. The summed E-state index contributed by atoms with van der Waals surface area (Å²) in [6, 6.07) is 4.19. The van der Waals surface area contributed by atoms with Gasteiger partial charge in [-0.1, -0.05) is 18.0 Å². The first kappa shape index (κ1) is 23.7. The predicted molar refractivity (Wildman–Crippen MR) is 121 cm³/mol. The second kappa shape index (κ2) is 11.0. The molecule has 0 radical (unpaired) electrons. The number of hydrogen-bond acceptors (Lipinski definition) is 6. The summed E-state index contributed by atoms with van der Waals surface area (Å²) in [5.41, 5.74) is 6.60. The van der Waals surface area contributed by atoms with Crippen LogP contribution >= 0.6 is 11.6 Å². The third-order valence-electron chi connectivity index (χ3n) is 6.44. The van der Waals surface area contributed by atoms with Crippen LogP contribution in [0.5, 0.6) is 5.75 Å². The van der Waals surface area contributed by atoms with E-state index in [1.165, 1.54) is 26.4 Å². The summed E-state index contributed by atoms with van der Waals surface area (Å²) in [6.07, 6.45) is 7.07. The normalized spacial score (nSPS) is 23.3. The van der Waals surface area contributed by atoms with Crippen LogP contribution in [-0.2, 0) is 9.53 Å². The fraction of sp³-hybridized carbons (Fsp3) is 0.652. The molecular formula is C23H34ClN3O4. The maximum atomic E-state index is 12.8. The molecule has 7 nitrogen and oxygen atoms in total. The number of halogens is 1. The van der Waals surface area contributed by atoms with Crippen molar-refractivity contribution in [1.29, 1.82) is 0 Å². The highest BCUT2D eigenvalue weighted by Gasteiger charge is 2.37. The zero-order valence-electron chi connectivity index (χ0n) is 18.5. The molecule has 2 atom stereocenters. The number of rotatable bonds is 9. The second-order valence-electron chi connectivity index (χ2n) is 8.51. The summed E-state index contributed by atoms with van der Waals surface area (Å²) in [4.78, 5) is 27.0. The second-order valence-corrected chi connectivity index (χ2v) is 8.91. The van der Waals surface area contributed by atoms with Gasteiger partial charge in [-0.2, -0.15) is 0 Å². The van der Waals surface area contributed by atoms with Crippen LogP contribution in [0.2, 0.25) is 5.02 Å². The molecule has 8 heteroatoms. The number of benzene rings is 1. The Kier molecular flexibility index (Phi) is 8.43. The van der Waals surface area contributed by atoms with Gasteiger partial charge in [-0.25, -0.2) is 0 Å². The number of methoxy groups -OCH3 is 1. The van der Waals surface area contributed by atoms with Crippen LogP contribution in [0.4, 0.5) is 5.69 Å². The fourth-order valence-corrected chi connectivity index (χ4v) is 5.17. The molecule has 172 valence electrons. The van der Waals surface area contributed by atoms with Crippen molar-refractivity contribution in [3.05, 3.63) is 22.7 Å². The lowest BCUT2D eigenvalue weighted by molar-refractivity contribution is -0.143. The van der Waals surface area contributed by atoms with E-state index in [0.29, 0.717) is 59.6 Å². The van der Waals surface area contributed by atoms with Crippen molar-refractivity contribution in [3.63, 3.8) is 0 Å². The van der Waals surface area contributed by atoms with Crippen LogP contribution in [0.3, 0.4) is 0 Å². The molecule has 0 aliphatic carbocycles. The lowest BCUT2D eigenvalue weighted by atomic mass is 9.78. The Balaban J connectivity index is 1.53. The Labute approximate surface area is 189 Å². The number of fused-ring (bicyclic) bond motifs is 2.